The summed E-state index contributed by atoms with van der Waals surface area (Å²) < 4.78 is 6.77. The zero-order valence-corrected chi connectivity index (χ0v) is 34.2. The Labute approximate surface area is 315 Å². The van der Waals surface area contributed by atoms with E-state index in [9.17, 15) is 0 Å². The molecule has 0 unspecified atom stereocenters. The minimum atomic E-state index is -0.0493. The molecule has 4 aromatic carbocycles. The van der Waals surface area contributed by atoms with E-state index in [0.717, 1.165) is 11.3 Å². The Bertz CT molecular complexity index is 2350. The van der Waals surface area contributed by atoms with Crippen molar-refractivity contribution >= 4 is 78.8 Å². The summed E-state index contributed by atoms with van der Waals surface area (Å²) in [5.41, 5.74) is 16.3. The highest BCUT2D eigenvalue weighted by Crippen LogP contribution is 2.49. The number of hydrogen-bond acceptors (Lipinski definition) is 4. The quantitative estimate of drug-likeness (QED) is 0.167. The van der Waals surface area contributed by atoms with E-state index in [1.54, 1.807) is 0 Å². The number of hydrogen-bond donors (Lipinski definition) is 0. The summed E-state index contributed by atoms with van der Waals surface area (Å²) in [5, 5.41) is 2.51. The van der Waals surface area contributed by atoms with Crippen molar-refractivity contribution in [3.8, 4) is 0 Å². The molecule has 4 heterocycles. The Morgan fingerprint density at radius 3 is 1.62 bits per heavy atom. The molecule has 6 aromatic rings. The first-order valence-corrected chi connectivity index (χ1v) is 19.7. The Balaban J connectivity index is 1.48. The summed E-state index contributed by atoms with van der Waals surface area (Å²) in [5.74, 6) is 0. The van der Waals surface area contributed by atoms with Crippen LogP contribution in [-0.4, -0.2) is 6.71 Å². The molecular formula is C47H53BN2OS. The third kappa shape index (κ3) is 5.45. The average Bonchev–Trinajstić information content (AvgIpc) is 3.69. The molecule has 0 radical (unpaired) electrons. The van der Waals surface area contributed by atoms with Gasteiger partial charge in [-0.2, -0.15) is 0 Å². The van der Waals surface area contributed by atoms with Gasteiger partial charge >= 0.3 is 0 Å². The fraction of sp³-hybridized carbons (Fsp3) is 0.362. The van der Waals surface area contributed by atoms with Crippen molar-refractivity contribution < 1.29 is 4.42 Å². The van der Waals surface area contributed by atoms with Gasteiger partial charge in [0.2, 0.25) is 0 Å². The third-order valence-corrected chi connectivity index (χ3v) is 12.7. The van der Waals surface area contributed by atoms with E-state index in [1.807, 2.05) is 17.6 Å². The maximum atomic E-state index is 6.77. The summed E-state index contributed by atoms with van der Waals surface area (Å²) in [6, 6.07) is 30.5. The number of furan rings is 1. The minimum absolute atomic E-state index is 0.00310. The fourth-order valence-corrected chi connectivity index (χ4v) is 9.48. The summed E-state index contributed by atoms with van der Waals surface area (Å²) >= 11 is 1.95. The molecule has 5 heteroatoms. The number of benzene rings is 4. The van der Waals surface area contributed by atoms with Crippen molar-refractivity contribution in [1.29, 1.82) is 0 Å². The van der Waals surface area contributed by atoms with Crippen molar-refractivity contribution in [3.05, 3.63) is 112 Å². The van der Waals surface area contributed by atoms with Crippen LogP contribution in [0, 0.1) is 6.92 Å². The van der Waals surface area contributed by atoms with Crippen molar-refractivity contribution in [1.82, 2.24) is 0 Å². The highest BCUT2D eigenvalue weighted by Gasteiger charge is 2.47. The molecule has 0 amide bonds. The molecule has 0 spiro atoms. The summed E-state index contributed by atoms with van der Waals surface area (Å²) in [6.07, 6.45) is 2.01. The van der Waals surface area contributed by atoms with Crippen LogP contribution in [0.1, 0.15) is 110 Å². The summed E-state index contributed by atoms with van der Waals surface area (Å²) in [6.45, 7) is 29.9. The summed E-state index contributed by atoms with van der Waals surface area (Å²) in [4.78, 5) is 6.45. The highest BCUT2D eigenvalue weighted by atomic mass is 32.1. The first-order chi connectivity index (χ1) is 24.2. The number of fused-ring (bicyclic) bond motifs is 6. The Kier molecular flexibility index (Phi) is 7.63. The Morgan fingerprint density at radius 2 is 1.10 bits per heavy atom. The lowest BCUT2D eigenvalue weighted by Crippen LogP contribution is -2.61. The van der Waals surface area contributed by atoms with Crippen LogP contribution in [0.15, 0.2) is 89.5 Å². The van der Waals surface area contributed by atoms with Gasteiger partial charge in [0, 0.05) is 44.3 Å². The molecule has 0 bridgehead atoms. The standard InChI is InChI=1S/C47H53BN2OS/c1-28-24-37-40-38(25-28)50(32-20-16-30(17-21-32)45(5,6)7)43-35(26-39(52-43)47(11,12)13)48(40)41-36(23-22-33-34(46(8,9)10)27-51-42(33)41)49(37)31-18-14-29(15-19-31)44(2,3)4/h14-27H,1-13H3. The van der Waals surface area contributed by atoms with E-state index < -0.39 is 0 Å². The number of anilines is 6. The van der Waals surface area contributed by atoms with Crippen LogP contribution >= 0.6 is 11.3 Å². The Hall–Kier alpha value is -4.22. The smallest absolute Gasteiger partial charge is 0.258 e. The average molecular weight is 705 g/mol. The van der Waals surface area contributed by atoms with E-state index in [2.05, 4.69) is 179 Å². The van der Waals surface area contributed by atoms with E-state index in [0.29, 0.717) is 0 Å². The van der Waals surface area contributed by atoms with Crippen LogP contribution < -0.4 is 26.2 Å². The SMILES string of the molecule is Cc1cc2c3c(c1)N(c1ccc(C(C)(C)C)cc1)c1sc(C(C)(C)C)cc1B3c1c(ccc3c(C(C)(C)C)coc13)N2c1ccc(C(C)(C)C)cc1. The molecular weight excluding hydrogens is 651 g/mol. The highest BCUT2D eigenvalue weighted by molar-refractivity contribution is 7.20. The van der Waals surface area contributed by atoms with Gasteiger partial charge < -0.3 is 14.2 Å². The molecule has 0 saturated carbocycles. The fourth-order valence-electron chi connectivity index (χ4n) is 8.19. The van der Waals surface area contributed by atoms with Gasteiger partial charge in [0.25, 0.3) is 6.71 Å². The maximum absolute atomic E-state index is 6.77. The largest absolute Gasteiger partial charge is 0.464 e. The predicted octanol–water partition coefficient (Wildman–Crippen LogP) is 12.1. The first-order valence-electron chi connectivity index (χ1n) is 18.9. The van der Waals surface area contributed by atoms with E-state index >= 15 is 0 Å². The van der Waals surface area contributed by atoms with E-state index in [1.165, 1.54) is 76.7 Å². The van der Waals surface area contributed by atoms with E-state index in [-0.39, 0.29) is 28.4 Å². The second kappa shape index (κ2) is 11.4. The molecule has 2 aromatic heterocycles. The molecule has 0 N–H and O–H groups in total. The zero-order chi connectivity index (χ0) is 37.3. The molecule has 52 heavy (non-hydrogen) atoms. The molecule has 8 rings (SSSR count). The number of aryl methyl sites for hydroxylation is 1. The molecule has 3 nitrogen and oxygen atoms in total. The molecule has 2 aliphatic rings. The first kappa shape index (κ1) is 34.8. The van der Waals surface area contributed by atoms with Gasteiger partial charge in [-0.1, -0.05) is 113 Å². The number of nitrogens with zero attached hydrogens (tertiary/aromatic N) is 2. The molecule has 0 aliphatic carbocycles. The van der Waals surface area contributed by atoms with Gasteiger partial charge in [0.1, 0.15) is 5.58 Å². The normalized spacial score (nSPS) is 14.5. The topological polar surface area (TPSA) is 19.6 Å². The second-order valence-corrected chi connectivity index (χ2v) is 20.3. The Morgan fingerprint density at radius 1 is 0.558 bits per heavy atom. The summed E-state index contributed by atoms with van der Waals surface area (Å²) in [7, 11) is 0. The molecule has 2 aliphatic heterocycles. The van der Waals surface area contributed by atoms with Gasteiger partial charge in [-0.15, -0.1) is 11.3 Å². The molecule has 0 fully saturated rings. The van der Waals surface area contributed by atoms with Crippen molar-refractivity contribution in [3.63, 3.8) is 0 Å². The number of rotatable bonds is 2. The van der Waals surface area contributed by atoms with Crippen LogP contribution in [-0.2, 0) is 21.7 Å². The molecule has 0 atom stereocenters. The predicted molar refractivity (Wildman–Crippen MR) is 228 cm³/mol. The maximum Gasteiger partial charge on any atom is 0.258 e. The van der Waals surface area contributed by atoms with Crippen molar-refractivity contribution in [2.75, 3.05) is 9.80 Å². The van der Waals surface area contributed by atoms with Crippen LogP contribution in [0.2, 0.25) is 0 Å². The lowest BCUT2D eigenvalue weighted by molar-refractivity contribution is 0.558. The minimum Gasteiger partial charge on any atom is -0.464 e. The molecule has 266 valence electrons. The lowest BCUT2D eigenvalue weighted by atomic mass is 9.33. The van der Waals surface area contributed by atoms with Crippen LogP contribution in [0.25, 0.3) is 11.0 Å². The van der Waals surface area contributed by atoms with Crippen molar-refractivity contribution in [2.45, 2.75) is 112 Å². The number of thiophene rings is 1. The second-order valence-electron chi connectivity index (χ2n) is 19.3. The lowest BCUT2D eigenvalue weighted by Gasteiger charge is -2.43. The van der Waals surface area contributed by atoms with Crippen LogP contribution in [0.5, 0.6) is 0 Å². The van der Waals surface area contributed by atoms with Gasteiger partial charge in [-0.3, -0.25) is 0 Å². The molecule has 0 saturated heterocycles. The van der Waals surface area contributed by atoms with Gasteiger partial charge in [-0.25, -0.2) is 0 Å². The van der Waals surface area contributed by atoms with E-state index in [4.69, 9.17) is 4.42 Å². The van der Waals surface area contributed by atoms with Gasteiger partial charge in [-0.05, 0) is 110 Å². The van der Waals surface area contributed by atoms with Crippen LogP contribution in [0.3, 0.4) is 0 Å². The third-order valence-electron chi connectivity index (χ3n) is 11.1. The zero-order valence-electron chi connectivity index (χ0n) is 33.4. The van der Waals surface area contributed by atoms with Crippen LogP contribution in [0.4, 0.5) is 33.4 Å². The van der Waals surface area contributed by atoms with Crippen molar-refractivity contribution in [2.24, 2.45) is 0 Å². The van der Waals surface area contributed by atoms with Gasteiger partial charge in [0.05, 0.1) is 11.3 Å². The van der Waals surface area contributed by atoms with Gasteiger partial charge in [0.15, 0.2) is 0 Å². The monoisotopic (exact) mass is 704 g/mol.